The smallest absolute Gasteiger partial charge is 0.0955 e. The van der Waals surface area contributed by atoms with Crippen molar-refractivity contribution < 1.29 is 0 Å². The third-order valence-corrected chi connectivity index (χ3v) is 5.68. The van der Waals surface area contributed by atoms with Crippen molar-refractivity contribution in [1.82, 2.24) is 5.32 Å². The van der Waals surface area contributed by atoms with Gasteiger partial charge in [-0.1, -0.05) is 73.3 Å². The summed E-state index contributed by atoms with van der Waals surface area (Å²) in [6.07, 6.45) is 0. The molecule has 3 aromatic carbocycles. The van der Waals surface area contributed by atoms with Gasteiger partial charge in [0.1, 0.15) is 0 Å². The Bertz CT molecular complexity index is 1160. The molecule has 4 heteroatoms. The summed E-state index contributed by atoms with van der Waals surface area (Å²) in [5.74, 6) is 0. The molecule has 28 heavy (non-hydrogen) atoms. The average Bonchev–Trinajstić information content (AvgIpc) is 3.12. The van der Waals surface area contributed by atoms with Crippen LogP contribution in [0.4, 0.5) is 5.00 Å². The van der Waals surface area contributed by atoms with Gasteiger partial charge >= 0.3 is 0 Å². The van der Waals surface area contributed by atoms with E-state index >= 15 is 0 Å². The normalized spacial score (nSPS) is 10.7. The molecule has 0 fully saturated rings. The number of nitrogens with one attached hydrogen (secondary N) is 2. The minimum Gasteiger partial charge on any atom is -0.390 e. The van der Waals surface area contributed by atoms with Crippen molar-refractivity contribution in [2.24, 2.45) is 0 Å². The molecular formula is C24H21N3S. The molecule has 0 bridgehead atoms. The van der Waals surface area contributed by atoms with Crippen LogP contribution in [-0.2, 0) is 6.54 Å². The largest absolute Gasteiger partial charge is 0.390 e. The van der Waals surface area contributed by atoms with Crippen molar-refractivity contribution in [2.45, 2.75) is 6.54 Å². The van der Waals surface area contributed by atoms with Gasteiger partial charge in [-0.2, -0.15) is 0 Å². The minimum atomic E-state index is 0.452. The molecule has 0 aliphatic rings. The maximum atomic E-state index is 8.64. The number of nitrogen functional groups attached to an aromatic ring is 1. The second-order valence-corrected chi connectivity index (χ2v) is 7.79. The fourth-order valence-electron chi connectivity index (χ4n) is 3.18. The van der Waals surface area contributed by atoms with Crippen molar-refractivity contribution in [3.8, 4) is 0 Å². The van der Waals surface area contributed by atoms with Crippen LogP contribution < -0.4 is 11.1 Å². The van der Waals surface area contributed by atoms with Gasteiger partial charge in [-0.05, 0) is 28.5 Å². The zero-order valence-corrected chi connectivity index (χ0v) is 16.2. The first-order chi connectivity index (χ1) is 13.6. The van der Waals surface area contributed by atoms with Crippen molar-refractivity contribution in [3.05, 3.63) is 107 Å². The quantitative estimate of drug-likeness (QED) is 0.376. The summed E-state index contributed by atoms with van der Waals surface area (Å²) in [7, 11) is 0. The second kappa shape index (κ2) is 7.71. The van der Waals surface area contributed by atoms with E-state index in [1.54, 1.807) is 0 Å². The number of nitrogens with two attached hydrogens (primary N) is 1. The molecule has 3 nitrogen and oxygen atoms in total. The number of anilines is 1. The van der Waals surface area contributed by atoms with Crippen LogP contribution in [0.15, 0.2) is 85.4 Å². The predicted molar refractivity (Wildman–Crippen MR) is 121 cm³/mol. The number of thiophene rings is 1. The molecule has 1 heterocycles. The minimum absolute atomic E-state index is 0.452. The zero-order valence-electron chi connectivity index (χ0n) is 15.4. The molecule has 0 spiro atoms. The first-order valence-electron chi connectivity index (χ1n) is 9.06. The first kappa shape index (κ1) is 18.0. The number of hydrogen-bond acceptors (Lipinski definition) is 4. The van der Waals surface area contributed by atoms with E-state index in [-0.39, 0.29) is 0 Å². The fraction of sp³-hybridized carbons (Fsp3) is 0.0417. The van der Waals surface area contributed by atoms with Crippen LogP contribution in [0, 0.1) is 5.41 Å². The summed E-state index contributed by atoms with van der Waals surface area (Å²) >= 11 is 1.51. The SMILES string of the molecule is C=C(NCc1cc(C(=N)c2ccc3ccccc3c2)c(N)s1)c1ccccc1. The molecule has 4 rings (SSSR count). The van der Waals surface area contributed by atoms with E-state index in [9.17, 15) is 0 Å². The lowest BCUT2D eigenvalue weighted by atomic mass is 10.0. The van der Waals surface area contributed by atoms with Crippen LogP contribution in [0.3, 0.4) is 0 Å². The lowest BCUT2D eigenvalue weighted by Crippen LogP contribution is -2.09. The third-order valence-electron chi connectivity index (χ3n) is 4.72. The van der Waals surface area contributed by atoms with Crippen molar-refractivity contribution >= 4 is 38.5 Å². The van der Waals surface area contributed by atoms with E-state index in [1.807, 2.05) is 66.7 Å². The molecule has 0 saturated carbocycles. The standard InChI is InChI=1S/C24H21N3S/c1-16(17-7-3-2-4-8-17)27-15-21-14-22(24(26)28-21)23(25)20-12-11-18-9-5-6-10-19(18)13-20/h2-14,25,27H,1,15,26H2. The number of rotatable bonds is 6. The maximum Gasteiger partial charge on any atom is 0.0955 e. The highest BCUT2D eigenvalue weighted by Gasteiger charge is 2.13. The Morgan fingerprint density at radius 1 is 0.893 bits per heavy atom. The van der Waals surface area contributed by atoms with E-state index in [1.165, 1.54) is 16.7 Å². The highest BCUT2D eigenvalue weighted by atomic mass is 32.1. The Balaban J connectivity index is 1.51. The topological polar surface area (TPSA) is 61.9 Å². The summed E-state index contributed by atoms with van der Waals surface area (Å²) < 4.78 is 0. The van der Waals surface area contributed by atoms with E-state index in [2.05, 4.69) is 24.0 Å². The molecule has 0 unspecified atom stereocenters. The number of hydrogen-bond donors (Lipinski definition) is 3. The Kier molecular flexibility index (Phi) is 4.96. The van der Waals surface area contributed by atoms with Crippen molar-refractivity contribution in [3.63, 3.8) is 0 Å². The monoisotopic (exact) mass is 383 g/mol. The Morgan fingerprint density at radius 3 is 2.39 bits per heavy atom. The van der Waals surface area contributed by atoms with Gasteiger partial charge in [-0.25, -0.2) is 0 Å². The molecule has 0 atom stereocenters. The Labute approximate surface area is 168 Å². The molecule has 0 aliphatic carbocycles. The van der Waals surface area contributed by atoms with Gasteiger partial charge in [0, 0.05) is 28.2 Å². The Hall–Kier alpha value is -3.37. The van der Waals surface area contributed by atoms with Crippen LogP contribution >= 0.6 is 11.3 Å². The predicted octanol–water partition coefficient (Wildman–Crippen LogP) is 5.66. The van der Waals surface area contributed by atoms with Crippen LogP contribution in [0.2, 0.25) is 0 Å². The molecule has 1 aromatic heterocycles. The van der Waals surface area contributed by atoms with E-state index < -0.39 is 0 Å². The van der Waals surface area contributed by atoms with Crippen LogP contribution in [0.1, 0.15) is 21.6 Å². The highest BCUT2D eigenvalue weighted by molar-refractivity contribution is 7.16. The summed E-state index contributed by atoms with van der Waals surface area (Å²) in [6.45, 7) is 4.73. The zero-order chi connectivity index (χ0) is 19.5. The van der Waals surface area contributed by atoms with Gasteiger partial charge < -0.3 is 11.1 Å². The number of fused-ring (bicyclic) bond motifs is 1. The van der Waals surface area contributed by atoms with Gasteiger partial charge in [0.15, 0.2) is 0 Å². The van der Waals surface area contributed by atoms with Gasteiger partial charge in [-0.3, -0.25) is 5.41 Å². The molecule has 0 aliphatic heterocycles. The van der Waals surface area contributed by atoms with Gasteiger partial charge in [0.25, 0.3) is 0 Å². The lowest BCUT2D eigenvalue weighted by Gasteiger charge is -2.08. The Morgan fingerprint density at radius 2 is 1.61 bits per heavy atom. The lowest BCUT2D eigenvalue weighted by molar-refractivity contribution is 0.909. The van der Waals surface area contributed by atoms with E-state index in [0.717, 1.165) is 32.7 Å². The maximum absolute atomic E-state index is 8.64. The van der Waals surface area contributed by atoms with Gasteiger partial charge in [0.05, 0.1) is 10.7 Å². The van der Waals surface area contributed by atoms with Crippen LogP contribution in [0.5, 0.6) is 0 Å². The summed E-state index contributed by atoms with van der Waals surface area (Å²) in [6, 6.07) is 26.3. The van der Waals surface area contributed by atoms with Crippen LogP contribution in [0.25, 0.3) is 16.5 Å². The molecule has 0 radical (unpaired) electrons. The fourth-order valence-corrected chi connectivity index (χ4v) is 4.05. The van der Waals surface area contributed by atoms with E-state index in [4.69, 9.17) is 11.1 Å². The first-order valence-corrected chi connectivity index (χ1v) is 9.88. The summed E-state index contributed by atoms with van der Waals surface area (Å²) in [4.78, 5) is 1.08. The molecule has 0 amide bonds. The second-order valence-electron chi connectivity index (χ2n) is 6.63. The summed E-state index contributed by atoms with van der Waals surface area (Å²) in [5, 5.41) is 14.9. The molecule has 0 saturated heterocycles. The average molecular weight is 384 g/mol. The third kappa shape index (κ3) is 3.68. The van der Waals surface area contributed by atoms with Gasteiger partial charge in [0.2, 0.25) is 0 Å². The highest BCUT2D eigenvalue weighted by Crippen LogP contribution is 2.28. The molecule has 4 N–H and O–H groups in total. The van der Waals surface area contributed by atoms with Crippen LogP contribution in [-0.4, -0.2) is 5.71 Å². The number of benzene rings is 3. The van der Waals surface area contributed by atoms with Crippen molar-refractivity contribution in [2.75, 3.05) is 5.73 Å². The van der Waals surface area contributed by atoms with E-state index in [0.29, 0.717) is 17.3 Å². The summed E-state index contributed by atoms with van der Waals surface area (Å²) in [5.41, 5.74) is 10.3. The molecule has 138 valence electrons. The molecular weight excluding hydrogens is 362 g/mol. The van der Waals surface area contributed by atoms with Crippen molar-refractivity contribution in [1.29, 1.82) is 5.41 Å². The molecule has 4 aromatic rings. The van der Waals surface area contributed by atoms with Gasteiger partial charge in [-0.15, -0.1) is 11.3 Å².